The van der Waals surface area contributed by atoms with E-state index in [9.17, 15) is 74.9 Å². The monoisotopic (exact) mass is 1380 g/mol. The second kappa shape index (κ2) is 52.4. The van der Waals surface area contributed by atoms with Crippen LogP contribution in [-0.2, 0) is 61.2 Å². The predicted molar refractivity (Wildman–Crippen MR) is 356 cm³/mol. The molecule has 95 heavy (non-hydrogen) atoms. The van der Waals surface area contributed by atoms with Crippen LogP contribution in [-0.4, -0.2) is 204 Å². The van der Waals surface area contributed by atoms with E-state index in [1.165, 1.54) is 141 Å². The standard InChI is InChI=1S/C70H127O24P/c1-4-7-10-13-16-19-22-24-26-28-30-33-36-39-42-45-55(73)87-50-53-58(76)60(78)65(83)70(91-53)93-67-63(81)61(79)62(80)66(92-69-64(82)59(77)57(75)52(47-71)90-69)68(67)94-95(84,85)88-49-51(48-86-54(72)44-41-38-35-32-29-21-18-15-12-9-6-3)89-56(74)46-43-40-37-34-31-27-25-23-20-17-14-11-8-5-2/h36,39,42,45,51-53,57-71,75-83H,4-35,37-38,40-41,43-44,46-50H2,1-3H3,(H,84,85)/b39-36+,45-42+. The average Bonchev–Trinajstić information content (AvgIpc) is 0.764. The molecule has 18 unspecified atom stereocenters. The number of hydrogen-bond acceptors (Lipinski definition) is 23. The number of aliphatic hydroxyl groups excluding tert-OH is 10. The first kappa shape index (κ1) is 86.7. The molecule has 0 aromatic rings. The van der Waals surface area contributed by atoms with Gasteiger partial charge in [0.2, 0.25) is 0 Å². The van der Waals surface area contributed by atoms with Crippen LogP contribution >= 0.6 is 7.82 Å². The molecule has 11 N–H and O–H groups in total. The van der Waals surface area contributed by atoms with E-state index in [1.807, 2.05) is 6.08 Å². The summed E-state index contributed by atoms with van der Waals surface area (Å²) in [5.41, 5.74) is 0. The van der Waals surface area contributed by atoms with Crippen molar-refractivity contribution in [3.05, 3.63) is 24.3 Å². The minimum Gasteiger partial charge on any atom is -0.462 e. The number of esters is 3. The summed E-state index contributed by atoms with van der Waals surface area (Å²) in [7, 11) is -5.70. The molecular weight excluding hydrogens is 1260 g/mol. The molecule has 3 aliphatic rings. The zero-order valence-electron chi connectivity index (χ0n) is 57.7. The van der Waals surface area contributed by atoms with Crippen LogP contribution < -0.4 is 0 Å². The number of allylic oxidation sites excluding steroid dienone is 3. The number of phosphoric acid groups is 1. The molecule has 556 valence electrons. The van der Waals surface area contributed by atoms with Gasteiger partial charge < -0.3 is 89.1 Å². The lowest BCUT2D eigenvalue weighted by atomic mass is 9.84. The van der Waals surface area contributed by atoms with Crippen molar-refractivity contribution >= 4 is 25.7 Å². The van der Waals surface area contributed by atoms with Crippen molar-refractivity contribution in [2.75, 3.05) is 26.4 Å². The van der Waals surface area contributed by atoms with Crippen molar-refractivity contribution in [3.63, 3.8) is 0 Å². The van der Waals surface area contributed by atoms with E-state index in [0.717, 1.165) is 96.0 Å². The lowest BCUT2D eigenvalue weighted by Gasteiger charge is -2.49. The lowest BCUT2D eigenvalue weighted by Crippen LogP contribution is -2.69. The lowest BCUT2D eigenvalue weighted by molar-refractivity contribution is -0.360. The molecule has 25 heteroatoms. The molecule has 2 heterocycles. The smallest absolute Gasteiger partial charge is 0.462 e. The number of ether oxygens (including phenoxy) is 7. The van der Waals surface area contributed by atoms with Crippen LogP contribution in [0.5, 0.6) is 0 Å². The van der Waals surface area contributed by atoms with E-state index >= 15 is 0 Å². The summed E-state index contributed by atoms with van der Waals surface area (Å²) in [6.45, 7) is 3.34. The highest BCUT2D eigenvalue weighted by atomic mass is 31.2. The van der Waals surface area contributed by atoms with Crippen molar-refractivity contribution in [1.82, 2.24) is 0 Å². The second-order valence-corrected chi connectivity index (χ2v) is 27.8. The van der Waals surface area contributed by atoms with Crippen molar-refractivity contribution in [3.8, 4) is 0 Å². The molecule has 0 amide bonds. The van der Waals surface area contributed by atoms with Gasteiger partial charge in [-0.3, -0.25) is 18.6 Å². The molecule has 0 radical (unpaired) electrons. The second-order valence-electron chi connectivity index (χ2n) is 26.4. The highest BCUT2D eigenvalue weighted by Gasteiger charge is 2.58. The Kier molecular flexibility index (Phi) is 47.8. The molecule has 1 aliphatic carbocycles. The third-order valence-corrected chi connectivity index (χ3v) is 19.1. The van der Waals surface area contributed by atoms with E-state index < -0.39 is 156 Å². The summed E-state index contributed by atoms with van der Waals surface area (Å²) in [6, 6.07) is 0. The molecule has 24 nitrogen and oxygen atoms in total. The Labute approximate surface area is 566 Å². The van der Waals surface area contributed by atoms with Crippen molar-refractivity contribution in [1.29, 1.82) is 0 Å². The Morgan fingerprint density at radius 1 is 0.432 bits per heavy atom. The molecular formula is C70H127O24P. The maximum absolute atomic E-state index is 14.3. The highest BCUT2D eigenvalue weighted by molar-refractivity contribution is 7.47. The summed E-state index contributed by atoms with van der Waals surface area (Å²) < 4.78 is 64.7. The van der Waals surface area contributed by atoms with Crippen LogP contribution in [0.25, 0.3) is 0 Å². The molecule has 18 atom stereocenters. The van der Waals surface area contributed by atoms with Crippen molar-refractivity contribution in [2.45, 2.75) is 375 Å². The fourth-order valence-corrected chi connectivity index (χ4v) is 13.0. The average molecular weight is 1380 g/mol. The fraction of sp³-hybridized carbons (Fsp3) is 0.900. The molecule has 2 aliphatic heterocycles. The Hall–Kier alpha value is -2.56. The van der Waals surface area contributed by atoms with Crippen LogP contribution in [0.2, 0.25) is 0 Å². The molecule has 1 saturated carbocycles. The summed E-state index contributed by atoms with van der Waals surface area (Å²) >= 11 is 0. The van der Waals surface area contributed by atoms with Crippen molar-refractivity contribution in [2.24, 2.45) is 0 Å². The van der Waals surface area contributed by atoms with E-state index in [2.05, 4.69) is 20.8 Å². The van der Waals surface area contributed by atoms with Gasteiger partial charge in [0.15, 0.2) is 18.7 Å². The summed E-state index contributed by atoms with van der Waals surface area (Å²) in [6.07, 6.45) is 11.8. The predicted octanol–water partition coefficient (Wildman–Crippen LogP) is 9.35. The molecule has 0 aromatic heterocycles. The van der Waals surface area contributed by atoms with Gasteiger partial charge in [0.05, 0.1) is 13.2 Å². The topological polar surface area (TPSA) is 374 Å². The maximum Gasteiger partial charge on any atom is 0.472 e. The van der Waals surface area contributed by atoms with Gasteiger partial charge in [-0.15, -0.1) is 0 Å². The van der Waals surface area contributed by atoms with Crippen molar-refractivity contribution < 1.29 is 117 Å². The summed E-state index contributed by atoms with van der Waals surface area (Å²) in [5.74, 6) is -2.22. The van der Waals surface area contributed by atoms with Gasteiger partial charge in [-0.1, -0.05) is 251 Å². The first-order valence-corrected chi connectivity index (χ1v) is 38.2. The molecule has 0 bridgehead atoms. The summed E-state index contributed by atoms with van der Waals surface area (Å²) in [4.78, 5) is 50.8. The van der Waals surface area contributed by atoms with Gasteiger partial charge >= 0.3 is 25.7 Å². The SMILES string of the molecule is CCCCCCCCCCCCC/C=C/C=C/C(=O)OCC1OC(OC2C(O)C(O)C(O)C(OC3OC(CO)C(O)C(O)C3O)C2OP(=O)(O)OCC(COC(=O)CCCCCCCCCCCCC)OC(=O)CCCCCCCCCCCCCCCC)C(O)C(O)C1O. The Morgan fingerprint density at radius 3 is 1.24 bits per heavy atom. The van der Waals surface area contributed by atoms with Crippen LogP contribution in [0.4, 0.5) is 0 Å². The highest BCUT2D eigenvalue weighted by Crippen LogP contribution is 2.49. The number of carbonyl (C=O) groups is 3. The third kappa shape index (κ3) is 36.1. The molecule has 3 fully saturated rings. The van der Waals surface area contributed by atoms with E-state index in [-0.39, 0.29) is 12.8 Å². The number of hydrogen-bond donors (Lipinski definition) is 11. The largest absolute Gasteiger partial charge is 0.472 e. The number of unbranched alkanes of at least 4 members (excludes halogenated alkanes) is 34. The summed E-state index contributed by atoms with van der Waals surface area (Å²) in [5, 5.41) is 110. The normalized spacial score (nSPS) is 28.2. The van der Waals surface area contributed by atoms with Gasteiger partial charge in [-0.2, -0.15) is 0 Å². The third-order valence-electron chi connectivity index (χ3n) is 18.1. The number of carbonyl (C=O) groups excluding carboxylic acids is 3. The minimum atomic E-state index is -5.70. The zero-order valence-corrected chi connectivity index (χ0v) is 58.6. The first-order valence-electron chi connectivity index (χ1n) is 36.7. The number of rotatable bonds is 56. The van der Waals surface area contributed by atoms with Gasteiger partial charge in [-0.25, -0.2) is 9.36 Å². The number of phosphoric ester groups is 1. The quantitative estimate of drug-likeness (QED) is 0.00674. The van der Waals surface area contributed by atoms with E-state index in [1.54, 1.807) is 6.08 Å². The minimum absolute atomic E-state index is 0.0387. The van der Waals surface area contributed by atoms with Crippen LogP contribution in [0, 0.1) is 0 Å². The van der Waals surface area contributed by atoms with Gasteiger partial charge in [0.25, 0.3) is 0 Å². The molecule has 3 rings (SSSR count). The molecule has 0 aromatic carbocycles. The van der Waals surface area contributed by atoms with E-state index in [4.69, 9.17) is 42.2 Å². The molecule has 2 saturated heterocycles. The number of aliphatic hydroxyl groups is 10. The first-order chi connectivity index (χ1) is 45.8. The van der Waals surface area contributed by atoms with Crippen LogP contribution in [0.15, 0.2) is 24.3 Å². The Bertz CT molecular complexity index is 2070. The zero-order chi connectivity index (χ0) is 69.6. The van der Waals surface area contributed by atoms with E-state index in [0.29, 0.717) is 12.8 Å². The maximum atomic E-state index is 14.3. The van der Waals surface area contributed by atoms with Gasteiger partial charge in [0, 0.05) is 18.9 Å². The Morgan fingerprint density at radius 2 is 0.811 bits per heavy atom. The Balaban J connectivity index is 1.76. The van der Waals surface area contributed by atoms with Gasteiger partial charge in [0.1, 0.15) is 98.7 Å². The van der Waals surface area contributed by atoms with Crippen LogP contribution in [0.3, 0.4) is 0 Å². The fourth-order valence-electron chi connectivity index (χ4n) is 12.1. The van der Waals surface area contributed by atoms with Crippen LogP contribution in [0.1, 0.15) is 271 Å². The molecule has 0 spiro atoms. The van der Waals surface area contributed by atoms with Gasteiger partial charge in [-0.05, 0) is 25.7 Å².